The van der Waals surface area contributed by atoms with Crippen LogP contribution in [0.4, 0.5) is 5.69 Å². The van der Waals surface area contributed by atoms with Gasteiger partial charge in [-0.05, 0) is 79.9 Å². The first-order valence-corrected chi connectivity index (χ1v) is 14.6. The molecule has 0 unspecified atom stereocenters. The number of imidazole rings is 1. The van der Waals surface area contributed by atoms with Gasteiger partial charge in [-0.15, -0.1) is 0 Å². The summed E-state index contributed by atoms with van der Waals surface area (Å²) in [6.45, 7) is 4.21. The van der Waals surface area contributed by atoms with Gasteiger partial charge in [0.1, 0.15) is 16.9 Å². The van der Waals surface area contributed by atoms with Crippen molar-refractivity contribution in [2.45, 2.75) is 26.3 Å². The van der Waals surface area contributed by atoms with E-state index in [0.717, 1.165) is 87.4 Å². The molecule has 3 aromatic heterocycles. The van der Waals surface area contributed by atoms with Gasteiger partial charge in [0.05, 0.1) is 17.6 Å². The van der Waals surface area contributed by atoms with Crippen molar-refractivity contribution in [2.24, 2.45) is 0 Å². The molecule has 7 aromatic rings. The van der Waals surface area contributed by atoms with Crippen molar-refractivity contribution in [1.82, 2.24) is 19.5 Å². The van der Waals surface area contributed by atoms with Crippen LogP contribution < -0.4 is 5.73 Å². The van der Waals surface area contributed by atoms with Gasteiger partial charge in [-0.3, -0.25) is 0 Å². The summed E-state index contributed by atoms with van der Waals surface area (Å²) in [5, 5.41) is 0. The summed E-state index contributed by atoms with van der Waals surface area (Å²) in [5.74, 6) is 2.20. The minimum atomic E-state index is 0.603. The lowest BCUT2D eigenvalue weighted by Crippen LogP contribution is -2.05. The highest BCUT2D eigenvalue weighted by Crippen LogP contribution is 2.29. The van der Waals surface area contributed by atoms with Crippen LogP contribution >= 0.6 is 0 Å². The second kappa shape index (κ2) is 13.1. The van der Waals surface area contributed by atoms with Crippen LogP contribution in [0.25, 0.3) is 56.1 Å². The Balaban J connectivity index is 0.000000157. The molecule has 0 amide bonds. The van der Waals surface area contributed by atoms with E-state index in [0.29, 0.717) is 18.4 Å². The van der Waals surface area contributed by atoms with Crippen LogP contribution in [0.3, 0.4) is 0 Å². The molecule has 4 aromatic carbocycles. The summed E-state index contributed by atoms with van der Waals surface area (Å²) < 4.78 is 24.0. The molecular weight excluding hydrogens is 554 g/mol. The average molecular weight is 590 g/mol. The van der Waals surface area contributed by atoms with Crippen molar-refractivity contribution in [3.05, 3.63) is 96.3 Å². The Morgan fingerprint density at radius 1 is 0.705 bits per heavy atom. The number of nitrogens with zero attached hydrogens (tertiary/aromatic N) is 4. The molecule has 0 saturated carbocycles. The number of rotatable bonds is 9. The van der Waals surface area contributed by atoms with Gasteiger partial charge in [-0.2, -0.15) is 0 Å². The number of nitrogen functional groups attached to an aromatic ring is 1. The Bertz CT molecular complexity index is 1960. The zero-order valence-electron chi connectivity index (χ0n) is 25.1. The van der Waals surface area contributed by atoms with Crippen LogP contribution in [-0.4, -0.2) is 47.0 Å². The summed E-state index contributed by atoms with van der Waals surface area (Å²) in [7, 11) is 3.42. The number of benzene rings is 4. The number of methoxy groups -OCH3 is 2. The maximum Gasteiger partial charge on any atom is 0.227 e. The molecule has 0 radical (unpaired) electrons. The van der Waals surface area contributed by atoms with Gasteiger partial charge in [0.25, 0.3) is 0 Å². The van der Waals surface area contributed by atoms with Crippen LogP contribution in [0.5, 0.6) is 0 Å². The van der Waals surface area contributed by atoms with E-state index in [2.05, 4.69) is 25.6 Å². The first kappa shape index (κ1) is 29.1. The van der Waals surface area contributed by atoms with E-state index >= 15 is 0 Å². The fourth-order valence-electron chi connectivity index (χ4n) is 5.20. The third-order valence-electron chi connectivity index (χ3n) is 7.48. The van der Waals surface area contributed by atoms with E-state index in [1.807, 2.05) is 85.8 Å². The number of hydrogen-bond donors (Lipinski definition) is 1. The van der Waals surface area contributed by atoms with Crippen molar-refractivity contribution in [3.8, 4) is 22.9 Å². The van der Waals surface area contributed by atoms with Crippen LogP contribution in [0.2, 0.25) is 0 Å². The number of ether oxygens (including phenoxy) is 2. The molecule has 0 aliphatic carbocycles. The standard InChI is InChI=1S/C18H17N3O2.C17H18N2O2/c1-12-19-15-11-13(7-8-16(15)21(12)9-10-22-2)18-20-14-5-3-4-6-17(14)23-18;1-20-10-4-5-12-8-9-13(11-14(12)18)17-19-15-6-2-3-7-16(15)21-17/h3-8,11H,9-10H2,1-2H3;2-3,6-9,11H,4-5,10,18H2,1H3. The Morgan fingerprint density at radius 3 is 1.93 bits per heavy atom. The average Bonchev–Trinajstić information content (AvgIpc) is 3.75. The predicted molar refractivity (Wildman–Crippen MR) is 173 cm³/mol. The molecule has 0 aliphatic heterocycles. The molecule has 0 atom stereocenters. The van der Waals surface area contributed by atoms with E-state index in [-0.39, 0.29) is 0 Å². The van der Waals surface area contributed by atoms with Gasteiger partial charge in [-0.25, -0.2) is 15.0 Å². The lowest BCUT2D eigenvalue weighted by Gasteiger charge is -2.06. The fourth-order valence-corrected chi connectivity index (χ4v) is 5.20. The molecule has 0 aliphatic rings. The van der Waals surface area contributed by atoms with Crippen molar-refractivity contribution in [3.63, 3.8) is 0 Å². The summed E-state index contributed by atoms with van der Waals surface area (Å²) in [4.78, 5) is 13.7. The van der Waals surface area contributed by atoms with Gasteiger partial charge in [-0.1, -0.05) is 30.3 Å². The van der Waals surface area contributed by atoms with Crippen LogP contribution in [0, 0.1) is 6.92 Å². The van der Waals surface area contributed by atoms with Crippen LogP contribution in [0.15, 0.2) is 93.8 Å². The summed E-state index contributed by atoms with van der Waals surface area (Å²) >= 11 is 0. The second-order valence-electron chi connectivity index (χ2n) is 10.5. The van der Waals surface area contributed by atoms with E-state index in [1.165, 1.54) is 0 Å². The largest absolute Gasteiger partial charge is 0.436 e. The van der Waals surface area contributed by atoms with Crippen molar-refractivity contribution < 1.29 is 18.3 Å². The topological polar surface area (TPSA) is 114 Å². The van der Waals surface area contributed by atoms with Crippen LogP contribution in [0.1, 0.15) is 17.8 Å². The monoisotopic (exact) mass is 589 g/mol. The summed E-state index contributed by atoms with van der Waals surface area (Å²) in [5.41, 5.74) is 15.2. The Hall–Kier alpha value is -4.99. The summed E-state index contributed by atoms with van der Waals surface area (Å²) in [6.07, 6.45) is 1.87. The third kappa shape index (κ3) is 6.20. The quantitative estimate of drug-likeness (QED) is 0.136. The Kier molecular flexibility index (Phi) is 8.67. The minimum Gasteiger partial charge on any atom is -0.436 e. The molecule has 0 bridgehead atoms. The number of oxazole rings is 2. The summed E-state index contributed by atoms with van der Waals surface area (Å²) in [6, 6.07) is 27.6. The molecule has 7 rings (SSSR count). The third-order valence-corrected chi connectivity index (χ3v) is 7.48. The molecule has 9 heteroatoms. The molecular formula is C35H35N5O4. The Morgan fingerprint density at radius 2 is 1.32 bits per heavy atom. The number of aryl methyl sites for hydroxylation is 2. The molecule has 3 heterocycles. The second-order valence-corrected chi connectivity index (χ2v) is 10.5. The highest BCUT2D eigenvalue weighted by Gasteiger charge is 2.13. The highest BCUT2D eigenvalue weighted by atomic mass is 16.5. The molecule has 9 nitrogen and oxygen atoms in total. The van der Waals surface area contributed by atoms with Gasteiger partial charge in [0.15, 0.2) is 11.2 Å². The number of nitrogens with two attached hydrogens (primary N) is 1. The molecule has 0 spiro atoms. The van der Waals surface area contributed by atoms with Gasteiger partial charge in [0.2, 0.25) is 11.8 Å². The smallest absolute Gasteiger partial charge is 0.227 e. The van der Waals surface area contributed by atoms with Crippen LogP contribution in [-0.2, 0) is 22.4 Å². The van der Waals surface area contributed by atoms with E-state index in [1.54, 1.807) is 14.2 Å². The number of anilines is 1. The van der Waals surface area contributed by atoms with Crippen molar-refractivity contribution >= 4 is 38.9 Å². The highest BCUT2D eigenvalue weighted by molar-refractivity contribution is 5.83. The predicted octanol–water partition coefficient (Wildman–Crippen LogP) is 7.46. The molecule has 44 heavy (non-hydrogen) atoms. The zero-order chi connectivity index (χ0) is 30.5. The van der Waals surface area contributed by atoms with E-state index in [4.69, 9.17) is 24.0 Å². The molecule has 0 fully saturated rings. The van der Waals surface area contributed by atoms with E-state index in [9.17, 15) is 0 Å². The first-order valence-electron chi connectivity index (χ1n) is 14.6. The van der Waals surface area contributed by atoms with Gasteiger partial charge < -0.3 is 28.6 Å². The lowest BCUT2D eigenvalue weighted by molar-refractivity contribution is 0.187. The maximum absolute atomic E-state index is 6.12. The normalized spacial score (nSPS) is 11.3. The number of para-hydroxylation sites is 4. The van der Waals surface area contributed by atoms with Crippen molar-refractivity contribution in [2.75, 3.05) is 33.2 Å². The molecule has 2 N–H and O–H groups in total. The SMILES string of the molecule is COCCCc1ccc(-c2nc3ccccc3o2)cc1N.COCCn1c(C)nc2cc(-c3nc4ccccc4o3)ccc21. The first-order chi connectivity index (χ1) is 21.5. The van der Waals surface area contributed by atoms with Gasteiger partial charge >= 0.3 is 0 Å². The lowest BCUT2D eigenvalue weighted by atomic mass is 10.0. The maximum atomic E-state index is 6.12. The zero-order valence-corrected chi connectivity index (χ0v) is 25.1. The number of aromatic nitrogens is 4. The minimum absolute atomic E-state index is 0.603. The van der Waals surface area contributed by atoms with Gasteiger partial charge in [0, 0.05) is 44.2 Å². The molecule has 0 saturated heterocycles. The Labute approximate surface area is 255 Å². The molecule has 224 valence electrons. The fraction of sp³-hybridized carbons (Fsp3) is 0.229. The van der Waals surface area contributed by atoms with E-state index < -0.39 is 0 Å². The number of hydrogen-bond acceptors (Lipinski definition) is 8. The number of fused-ring (bicyclic) bond motifs is 3. The van der Waals surface area contributed by atoms with Crippen molar-refractivity contribution in [1.29, 1.82) is 0 Å².